The van der Waals surface area contributed by atoms with Crippen LogP contribution in [0, 0.1) is 11.3 Å². The van der Waals surface area contributed by atoms with Gasteiger partial charge in [-0.05, 0) is 5.56 Å². The first-order chi connectivity index (χ1) is 7.65. The van der Waals surface area contributed by atoms with Crippen molar-refractivity contribution in [3.05, 3.63) is 23.0 Å². The zero-order valence-corrected chi connectivity index (χ0v) is 8.70. The Morgan fingerprint density at radius 1 is 1.62 bits per heavy atom. The maximum absolute atomic E-state index is 12.8. The fourth-order valence-corrected chi connectivity index (χ4v) is 1.42. The van der Waals surface area contributed by atoms with Gasteiger partial charge in [-0.1, -0.05) is 0 Å². The van der Waals surface area contributed by atoms with Crippen molar-refractivity contribution in [1.82, 2.24) is 4.98 Å². The first-order valence-corrected chi connectivity index (χ1v) is 4.55. The Balaban J connectivity index is 3.38. The van der Waals surface area contributed by atoms with Crippen LogP contribution in [0.5, 0.6) is 5.75 Å². The monoisotopic (exact) mass is 227 g/mol. The molecule has 0 aromatic carbocycles. The number of nitrogens with zero attached hydrogens (tertiary/aromatic N) is 2. The second-order valence-corrected chi connectivity index (χ2v) is 3.02. The van der Waals surface area contributed by atoms with Crippen molar-refractivity contribution in [3.63, 3.8) is 0 Å². The molecule has 0 bridgehead atoms. The summed E-state index contributed by atoms with van der Waals surface area (Å²) in [4.78, 5) is 3.89. The first-order valence-electron chi connectivity index (χ1n) is 4.55. The first kappa shape index (κ1) is 12.3. The van der Waals surface area contributed by atoms with E-state index >= 15 is 0 Å². The normalized spacial score (nSPS) is 10.2. The third kappa shape index (κ3) is 2.25. The van der Waals surface area contributed by atoms with Gasteiger partial charge in [-0.3, -0.25) is 4.98 Å². The van der Waals surface area contributed by atoms with Crippen LogP contribution < -0.4 is 10.5 Å². The third-order valence-corrected chi connectivity index (χ3v) is 2.12. The molecule has 1 heterocycles. The van der Waals surface area contributed by atoms with E-state index in [0.717, 1.165) is 0 Å². The van der Waals surface area contributed by atoms with Crippen molar-refractivity contribution in [2.75, 3.05) is 7.11 Å². The average Bonchev–Trinajstić information content (AvgIpc) is 2.28. The zero-order valence-electron chi connectivity index (χ0n) is 8.70. The summed E-state index contributed by atoms with van der Waals surface area (Å²) in [7, 11) is 1.27. The van der Waals surface area contributed by atoms with Crippen LogP contribution in [0.1, 0.15) is 23.2 Å². The Kier molecular flexibility index (Phi) is 4.14. The Labute approximate surface area is 91.7 Å². The number of rotatable bonds is 4. The van der Waals surface area contributed by atoms with Crippen LogP contribution in [0.2, 0.25) is 0 Å². The van der Waals surface area contributed by atoms with E-state index in [0.29, 0.717) is 0 Å². The van der Waals surface area contributed by atoms with Crippen molar-refractivity contribution in [2.45, 2.75) is 19.4 Å². The van der Waals surface area contributed by atoms with Crippen molar-refractivity contribution in [3.8, 4) is 11.8 Å². The van der Waals surface area contributed by atoms with E-state index in [9.17, 15) is 8.78 Å². The molecule has 16 heavy (non-hydrogen) atoms. The molecular weight excluding hydrogens is 216 g/mol. The van der Waals surface area contributed by atoms with E-state index in [1.165, 1.54) is 13.3 Å². The lowest BCUT2D eigenvalue weighted by atomic mass is 10.1. The molecule has 2 N–H and O–H groups in total. The standard InChI is InChI=1S/C10H11F2N3O/c1-16-9-7(2-3-13)15-5-6(4-14)8(9)10(11)12/h5,10H,2,4,14H2,1H3. The topological polar surface area (TPSA) is 71.9 Å². The van der Waals surface area contributed by atoms with Crippen LogP contribution in [0.3, 0.4) is 0 Å². The molecule has 0 saturated heterocycles. The van der Waals surface area contributed by atoms with E-state index in [1.54, 1.807) is 0 Å². The third-order valence-electron chi connectivity index (χ3n) is 2.12. The average molecular weight is 227 g/mol. The van der Waals surface area contributed by atoms with Crippen molar-refractivity contribution >= 4 is 0 Å². The van der Waals surface area contributed by atoms with Crippen molar-refractivity contribution in [2.24, 2.45) is 5.73 Å². The molecule has 0 radical (unpaired) electrons. The van der Waals surface area contributed by atoms with Crippen LogP contribution in [-0.4, -0.2) is 12.1 Å². The van der Waals surface area contributed by atoms with Gasteiger partial charge in [0, 0.05) is 12.7 Å². The van der Waals surface area contributed by atoms with E-state index in [2.05, 4.69) is 4.98 Å². The molecule has 0 spiro atoms. The van der Waals surface area contributed by atoms with Crippen LogP contribution in [0.25, 0.3) is 0 Å². The molecule has 0 saturated carbocycles. The lowest BCUT2D eigenvalue weighted by molar-refractivity contribution is 0.145. The van der Waals surface area contributed by atoms with Gasteiger partial charge in [-0.25, -0.2) is 8.78 Å². The van der Waals surface area contributed by atoms with Crippen LogP contribution >= 0.6 is 0 Å². The predicted molar refractivity (Wildman–Crippen MR) is 53.0 cm³/mol. The summed E-state index contributed by atoms with van der Waals surface area (Å²) in [6.07, 6.45) is -1.52. The van der Waals surface area contributed by atoms with Crippen LogP contribution in [0.4, 0.5) is 8.78 Å². The fourth-order valence-electron chi connectivity index (χ4n) is 1.42. The molecule has 0 aliphatic heterocycles. The maximum Gasteiger partial charge on any atom is 0.267 e. The summed E-state index contributed by atoms with van der Waals surface area (Å²) in [6, 6.07) is 1.84. The number of halogens is 2. The molecule has 0 aliphatic rings. The van der Waals surface area contributed by atoms with Gasteiger partial charge in [0.2, 0.25) is 0 Å². The Morgan fingerprint density at radius 3 is 2.75 bits per heavy atom. The number of methoxy groups -OCH3 is 1. The Morgan fingerprint density at radius 2 is 2.31 bits per heavy atom. The second-order valence-electron chi connectivity index (χ2n) is 3.02. The number of nitriles is 1. The van der Waals surface area contributed by atoms with Gasteiger partial charge in [-0.15, -0.1) is 0 Å². The van der Waals surface area contributed by atoms with Gasteiger partial charge in [0.15, 0.2) is 5.75 Å². The minimum Gasteiger partial charge on any atom is -0.494 e. The highest BCUT2D eigenvalue weighted by Gasteiger charge is 2.22. The Bertz CT molecular complexity index is 415. The minimum absolute atomic E-state index is 0.0421. The fraction of sp³-hybridized carbons (Fsp3) is 0.400. The smallest absolute Gasteiger partial charge is 0.267 e. The highest BCUT2D eigenvalue weighted by Crippen LogP contribution is 2.33. The molecule has 0 fully saturated rings. The lowest BCUT2D eigenvalue weighted by Gasteiger charge is -2.14. The molecule has 0 aliphatic carbocycles. The van der Waals surface area contributed by atoms with Gasteiger partial charge in [0.05, 0.1) is 30.9 Å². The van der Waals surface area contributed by atoms with Crippen molar-refractivity contribution in [1.29, 1.82) is 5.26 Å². The maximum atomic E-state index is 12.8. The molecule has 6 heteroatoms. The van der Waals surface area contributed by atoms with Gasteiger partial charge >= 0.3 is 0 Å². The summed E-state index contributed by atoms with van der Waals surface area (Å²) in [6.45, 7) is -0.0458. The van der Waals surface area contributed by atoms with Gasteiger partial charge in [0.1, 0.15) is 0 Å². The molecule has 4 nitrogen and oxygen atoms in total. The summed E-state index contributed by atoms with van der Waals surface area (Å²) in [5, 5.41) is 8.54. The second kappa shape index (κ2) is 5.37. The van der Waals surface area contributed by atoms with Crippen LogP contribution in [-0.2, 0) is 13.0 Å². The minimum atomic E-state index is -2.70. The van der Waals surface area contributed by atoms with Crippen LogP contribution in [0.15, 0.2) is 6.20 Å². The molecular formula is C10H11F2N3O. The summed E-state index contributed by atoms with van der Waals surface area (Å²) < 4.78 is 30.6. The number of alkyl halides is 2. The SMILES string of the molecule is COc1c(CC#N)ncc(CN)c1C(F)F. The molecule has 0 unspecified atom stereocenters. The molecule has 0 amide bonds. The quantitative estimate of drug-likeness (QED) is 0.847. The molecule has 86 valence electrons. The number of pyridine rings is 1. The zero-order chi connectivity index (χ0) is 12.1. The molecule has 0 atom stereocenters. The van der Waals surface area contributed by atoms with Crippen molar-refractivity contribution < 1.29 is 13.5 Å². The summed E-state index contributed by atoms with van der Waals surface area (Å²) in [5.74, 6) is -0.0421. The number of ether oxygens (including phenoxy) is 1. The highest BCUT2D eigenvalue weighted by atomic mass is 19.3. The van der Waals surface area contributed by atoms with E-state index < -0.39 is 6.43 Å². The largest absolute Gasteiger partial charge is 0.494 e. The lowest BCUT2D eigenvalue weighted by Crippen LogP contribution is -2.08. The molecule has 1 aromatic rings. The number of nitrogens with two attached hydrogens (primary N) is 1. The van der Waals surface area contributed by atoms with E-state index in [1.807, 2.05) is 6.07 Å². The van der Waals surface area contributed by atoms with Gasteiger partial charge in [0.25, 0.3) is 6.43 Å². The summed E-state index contributed by atoms with van der Waals surface area (Å²) in [5.41, 5.74) is 5.51. The number of hydrogen-bond donors (Lipinski definition) is 1. The number of hydrogen-bond acceptors (Lipinski definition) is 4. The van der Waals surface area contributed by atoms with Gasteiger partial charge < -0.3 is 10.5 Å². The molecule has 1 aromatic heterocycles. The predicted octanol–water partition coefficient (Wildman–Crippen LogP) is 1.55. The van der Waals surface area contributed by atoms with E-state index in [4.69, 9.17) is 15.7 Å². The highest BCUT2D eigenvalue weighted by molar-refractivity contribution is 5.44. The summed E-state index contributed by atoms with van der Waals surface area (Å²) >= 11 is 0. The van der Waals surface area contributed by atoms with Gasteiger partial charge in [-0.2, -0.15) is 5.26 Å². The van der Waals surface area contributed by atoms with E-state index in [-0.39, 0.29) is 35.5 Å². The number of aromatic nitrogens is 1. The molecule has 1 rings (SSSR count). The Hall–Kier alpha value is -1.74.